The van der Waals surface area contributed by atoms with Crippen LogP contribution in [0.2, 0.25) is 5.28 Å². The standard InChI is InChI=1S/C20H19ClF2N4O2/c21-20-24-9-14(23)18(26-20)11-7-13(22)19-15(8-11)27-12(4-5-16(27)25-19)10-29-17-3-1-2-6-28-17/h7-9,12,17H,1-6,10H2/t12-,17?/m0/s1. The molecule has 2 aliphatic heterocycles. The van der Waals surface area contributed by atoms with Crippen LogP contribution >= 0.6 is 11.6 Å². The Morgan fingerprint density at radius 1 is 1.17 bits per heavy atom. The van der Waals surface area contributed by atoms with Crippen LogP contribution in [0.1, 0.15) is 37.5 Å². The molecule has 2 atom stereocenters. The molecule has 0 bridgehead atoms. The number of aromatic nitrogens is 4. The van der Waals surface area contributed by atoms with Gasteiger partial charge in [0, 0.05) is 18.6 Å². The molecule has 1 fully saturated rings. The van der Waals surface area contributed by atoms with E-state index in [0.717, 1.165) is 50.7 Å². The van der Waals surface area contributed by atoms with E-state index in [2.05, 4.69) is 15.0 Å². The molecule has 1 aromatic carbocycles. The molecule has 152 valence electrons. The third-order valence-electron chi connectivity index (χ3n) is 5.49. The van der Waals surface area contributed by atoms with Crippen LogP contribution in [0.3, 0.4) is 0 Å². The summed E-state index contributed by atoms with van der Waals surface area (Å²) in [7, 11) is 0. The van der Waals surface area contributed by atoms with Gasteiger partial charge in [0.15, 0.2) is 17.9 Å². The summed E-state index contributed by atoms with van der Waals surface area (Å²) in [5.74, 6) is -0.386. The second-order valence-corrected chi connectivity index (χ2v) is 7.72. The minimum atomic E-state index is -0.663. The zero-order valence-corrected chi connectivity index (χ0v) is 16.3. The van der Waals surface area contributed by atoms with Crippen LogP contribution in [-0.4, -0.2) is 39.0 Å². The molecule has 0 saturated carbocycles. The van der Waals surface area contributed by atoms with E-state index in [1.165, 1.54) is 6.07 Å². The number of hydrogen-bond acceptors (Lipinski definition) is 5. The molecule has 0 amide bonds. The Hall–Kier alpha value is -2.16. The van der Waals surface area contributed by atoms with E-state index in [0.29, 0.717) is 17.7 Å². The second kappa shape index (κ2) is 7.59. The quantitative estimate of drug-likeness (QED) is 0.583. The summed E-state index contributed by atoms with van der Waals surface area (Å²) in [6, 6.07) is 2.95. The molecule has 5 rings (SSSR count). The first-order chi connectivity index (χ1) is 14.1. The van der Waals surface area contributed by atoms with Crippen LogP contribution < -0.4 is 0 Å². The molecule has 0 spiro atoms. The highest BCUT2D eigenvalue weighted by atomic mass is 35.5. The van der Waals surface area contributed by atoms with E-state index in [1.807, 2.05) is 4.57 Å². The monoisotopic (exact) mass is 420 g/mol. The fourth-order valence-corrected chi connectivity index (χ4v) is 4.25. The molecule has 0 radical (unpaired) electrons. The Kier molecular flexibility index (Phi) is 4.93. The minimum Gasteiger partial charge on any atom is -0.353 e. The number of hydrogen-bond donors (Lipinski definition) is 0. The van der Waals surface area contributed by atoms with Gasteiger partial charge in [-0.2, -0.15) is 0 Å². The lowest BCUT2D eigenvalue weighted by atomic mass is 10.1. The lowest BCUT2D eigenvalue weighted by molar-refractivity contribution is -0.167. The Bertz CT molecular complexity index is 1070. The van der Waals surface area contributed by atoms with Crippen molar-refractivity contribution in [2.24, 2.45) is 0 Å². The number of nitrogens with zero attached hydrogens (tertiary/aromatic N) is 4. The fraction of sp³-hybridized carbons (Fsp3) is 0.450. The van der Waals surface area contributed by atoms with Gasteiger partial charge in [0.2, 0.25) is 5.28 Å². The van der Waals surface area contributed by atoms with Crippen molar-refractivity contribution in [3.8, 4) is 11.3 Å². The minimum absolute atomic E-state index is 0.0222. The first-order valence-corrected chi connectivity index (χ1v) is 10.1. The molecule has 2 aliphatic rings. The molecule has 2 aromatic heterocycles. The van der Waals surface area contributed by atoms with Gasteiger partial charge in [-0.3, -0.25) is 0 Å². The predicted octanol–water partition coefficient (Wildman–Crippen LogP) is 4.46. The zero-order valence-electron chi connectivity index (χ0n) is 15.6. The molecule has 29 heavy (non-hydrogen) atoms. The van der Waals surface area contributed by atoms with E-state index < -0.39 is 11.6 Å². The van der Waals surface area contributed by atoms with Gasteiger partial charge in [-0.05, 0) is 49.4 Å². The van der Waals surface area contributed by atoms with E-state index >= 15 is 0 Å². The lowest BCUT2D eigenvalue weighted by Gasteiger charge is -2.25. The summed E-state index contributed by atoms with van der Waals surface area (Å²) in [6.07, 6.45) is 5.42. The SMILES string of the molecule is Fc1cnc(Cl)nc1-c1cc(F)c2nc3n(c2c1)[C@H](COC1CCCCO1)CC3. The van der Waals surface area contributed by atoms with Gasteiger partial charge in [0.25, 0.3) is 0 Å². The highest BCUT2D eigenvalue weighted by Crippen LogP contribution is 2.35. The van der Waals surface area contributed by atoms with Crippen molar-refractivity contribution in [1.29, 1.82) is 0 Å². The van der Waals surface area contributed by atoms with Crippen molar-refractivity contribution >= 4 is 22.6 Å². The van der Waals surface area contributed by atoms with E-state index in [4.69, 9.17) is 21.1 Å². The van der Waals surface area contributed by atoms with Gasteiger partial charge in [-0.15, -0.1) is 0 Å². The van der Waals surface area contributed by atoms with E-state index in [-0.39, 0.29) is 28.8 Å². The van der Waals surface area contributed by atoms with Crippen molar-refractivity contribution in [3.05, 3.63) is 41.1 Å². The summed E-state index contributed by atoms with van der Waals surface area (Å²) < 4.78 is 42.6. The van der Waals surface area contributed by atoms with Gasteiger partial charge in [0.1, 0.15) is 17.0 Å². The molecule has 0 N–H and O–H groups in total. The Morgan fingerprint density at radius 3 is 2.90 bits per heavy atom. The Labute approximate surface area is 170 Å². The van der Waals surface area contributed by atoms with E-state index in [1.54, 1.807) is 6.07 Å². The largest absolute Gasteiger partial charge is 0.353 e. The number of rotatable bonds is 4. The first-order valence-electron chi connectivity index (χ1n) is 9.72. The summed E-state index contributed by atoms with van der Waals surface area (Å²) >= 11 is 5.81. The first kappa shape index (κ1) is 18.8. The van der Waals surface area contributed by atoms with Crippen molar-refractivity contribution < 1.29 is 18.3 Å². The smallest absolute Gasteiger partial charge is 0.223 e. The van der Waals surface area contributed by atoms with Gasteiger partial charge in [0.05, 0.1) is 24.4 Å². The molecular weight excluding hydrogens is 402 g/mol. The number of halogens is 3. The lowest BCUT2D eigenvalue weighted by Crippen LogP contribution is -2.25. The van der Waals surface area contributed by atoms with Crippen LogP contribution in [-0.2, 0) is 15.9 Å². The van der Waals surface area contributed by atoms with Gasteiger partial charge < -0.3 is 14.0 Å². The van der Waals surface area contributed by atoms with Crippen LogP contribution in [0.15, 0.2) is 18.3 Å². The summed E-state index contributed by atoms with van der Waals surface area (Å²) in [5, 5.41) is -0.0980. The molecule has 6 nitrogen and oxygen atoms in total. The number of ether oxygens (including phenoxy) is 2. The zero-order chi connectivity index (χ0) is 20.0. The maximum atomic E-state index is 14.8. The highest BCUT2D eigenvalue weighted by molar-refractivity contribution is 6.28. The third-order valence-corrected chi connectivity index (χ3v) is 5.67. The molecule has 4 heterocycles. The van der Waals surface area contributed by atoms with Crippen molar-refractivity contribution in [2.45, 2.75) is 44.4 Å². The highest BCUT2D eigenvalue weighted by Gasteiger charge is 2.29. The van der Waals surface area contributed by atoms with Crippen LogP contribution in [0.5, 0.6) is 0 Å². The van der Waals surface area contributed by atoms with Crippen LogP contribution in [0, 0.1) is 11.6 Å². The summed E-state index contributed by atoms with van der Waals surface area (Å²) in [6.45, 7) is 1.18. The van der Waals surface area contributed by atoms with Gasteiger partial charge in [-0.25, -0.2) is 23.7 Å². The average molecular weight is 421 g/mol. The molecule has 1 saturated heterocycles. The van der Waals surface area contributed by atoms with Crippen LogP contribution in [0.4, 0.5) is 8.78 Å². The summed E-state index contributed by atoms with van der Waals surface area (Å²) in [5.41, 5.74) is 1.12. The normalized spacial score (nSPS) is 21.6. The Balaban J connectivity index is 1.50. The fourth-order valence-electron chi connectivity index (χ4n) is 4.11. The average Bonchev–Trinajstić information content (AvgIpc) is 3.29. The van der Waals surface area contributed by atoms with Crippen molar-refractivity contribution in [1.82, 2.24) is 19.5 Å². The molecule has 0 aliphatic carbocycles. The molecule has 3 aromatic rings. The summed E-state index contributed by atoms with van der Waals surface area (Å²) in [4.78, 5) is 12.0. The number of benzene rings is 1. The maximum Gasteiger partial charge on any atom is 0.223 e. The topological polar surface area (TPSA) is 62.1 Å². The van der Waals surface area contributed by atoms with Crippen molar-refractivity contribution in [3.63, 3.8) is 0 Å². The van der Waals surface area contributed by atoms with Crippen LogP contribution in [0.25, 0.3) is 22.3 Å². The molecular formula is C20H19ClF2N4O2. The molecule has 9 heteroatoms. The number of imidazole rings is 1. The van der Waals surface area contributed by atoms with E-state index in [9.17, 15) is 8.78 Å². The van der Waals surface area contributed by atoms with Crippen molar-refractivity contribution in [2.75, 3.05) is 13.2 Å². The number of aryl methyl sites for hydroxylation is 1. The Morgan fingerprint density at radius 2 is 2.07 bits per heavy atom. The van der Waals surface area contributed by atoms with Gasteiger partial charge in [-0.1, -0.05) is 0 Å². The second-order valence-electron chi connectivity index (χ2n) is 7.38. The van der Waals surface area contributed by atoms with Gasteiger partial charge >= 0.3 is 0 Å². The molecule has 1 unspecified atom stereocenters. The number of fused-ring (bicyclic) bond motifs is 3. The predicted molar refractivity (Wildman–Crippen MR) is 103 cm³/mol. The third kappa shape index (κ3) is 3.49. The maximum absolute atomic E-state index is 14.8.